The maximum atomic E-state index is 14.3. The molecule has 0 saturated carbocycles. The van der Waals surface area contributed by atoms with E-state index in [0.717, 1.165) is 41.7 Å². The van der Waals surface area contributed by atoms with Crippen molar-refractivity contribution in [2.45, 2.75) is 31.6 Å². The Bertz CT molecular complexity index is 1310. The molecule has 5 rings (SSSR count). The number of hydrogen-bond acceptors (Lipinski definition) is 4. The van der Waals surface area contributed by atoms with Crippen molar-refractivity contribution >= 4 is 16.9 Å². The van der Waals surface area contributed by atoms with Crippen LogP contribution in [0.4, 0.5) is 19.0 Å². The zero-order valence-corrected chi connectivity index (χ0v) is 19.6. The first-order chi connectivity index (χ1) is 16.9. The van der Waals surface area contributed by atoms with Gasteiger partial charge in [0.1, 0.15) is 5.65 Å². The highest BCUT2D eigenvalue weighted by molar-refractivity contribution is 5.84. The number of benzene rings is 1. The Balaban J connectivity index is 1.43. The third-order valence-corrected chi connectivity index (χ3v) is 6.65. The number of fused-ring (bicyclic) bond motifs is 1. The predicted molar refractivity (Wildman–Crippen MR) is 133 cm³/mol. The second-order valence-corrected chi connectivity index (χ2v) is 9.03. The lowest BCUT2D eigenvalue weighted by Crippen LogP contribution is -2.39. The van der Waals surface area contributed by atoms with Crippen LogP contribution < -0.4 is 5.32 Å². The largest absolute Gasteiger partial charge is 0.371 e. The highest BCUT2D eigenvalue weighted by Gasteiger charge is 2.33. The molecule has 1 fully saturated rings. The topological polar surface area (TPSA) is 46.0 Å². The summed E-state index contributed by atoms with van der Waals surface area (Å²) in [6.07, 6.45) is 5.29. The lowest BCUT2D eigenvalue weighted by atomic mass is 10.1. The van der Waals surface area contributed by atoms with Crippen LogP contribution in [0.25, 0.3) is 28.0 Å². The van der Waals surface area contributed by atoms with Gasteiger partial charge in [-0.25, -0.2) is 23.1 Å². The monoisotopic (exact) mass is 479 g/mol. The molecule has 0 atom stereocenters. The smallest absolute Gasteiger partial charge is 0.250 e. The molecule has 4 heterocycles. The number of rotatable bonds is 7. The molecule has 35 heavy (non-hydrogen) atoms. The van der Waals surface area contributed by atoms with Gasteiger partial charge in [-0.3, -0.25) is 0 Å². The number of anilines is 1. The van der Waals surface area contributed by atoms with E-state index in [1.807, 2.05) is 42.5 Å². The van der Waals surface area contributed by atoms with Gasteiger partial charge in [0.05, 0.1) is 5.69 Å². The number of likely N-dealkylation sites (tertiary alicyclic amines) is 1. The minimum atomic E-state index is -2.52. The van der Waals surface area contributed by atoms with E-state index in [-0.39, 0.29) is 18.7 Å². The van der Waals surface area contributed by atoms with Gasteiger partial charge in [0.2, 0.25) is 0 Å². The van der Waals surface area contributed by atoms with Crippen molar-refractivity contribution in [1.82, 2.24) is 19.4 Å². The standard InChI is InChI=1S/C27H28F3N5/c1-31-25-23(28)16-20(17-32-25)24-10-9-22-19(6-5-13-34-14-11-27(29,30)12-15-34)18-35(26(22)33-24)21-7-3-2-4-8-21/h2-4,7-10,16-18H,5-6,11-15H2,1H3,(H,31,32). The molecule has 5 nitrogen and oxygen atoms in total. The fourth-order valence-corrected chi connectivity index (χ4v) is 4.67. The van der Waals surface area contributed by atoms with Gasteiger partial charge in [0.15, 0.2) is 11.6 Å². The Morgan fingerprint density at radius 2 is 1.83 bits per heavy atom. The van der Waals surface area contributed by atoms with E-state index in [2.05, 4.69) is 26.0 Å². The Morgan fingerprint density at radius 1 is 1.06 bits per heavy atom. The van der Waals surface area contributed by atoms with Crippen LogP contribution in [0, 0.1) is 5.82 Å². The number of aryl methyl sites for hydroxylation is 1. The molecule has 4 aromatic rings. The second kappa shape index (κ2) is 9.70. The number of alkyl halides is 2. The molecule has 182 valence electrons. The molecule has 0 unspecified atom stereocenters. The van der Waals surface area contributed by atoms with E-state index >= 15 is 0 Å². The first kappa shape index (κ1) is 23.4. The molecule has 0 amide bonds. The summed E-state index contributed by atoms with van der Waals surface area (Å²) in [5, 5.41) is 3.76. The zero-order valence-electron chi connectivity index (χ0n) is 19.6. The van der Waals surface area contributed by atoms with Crippen LogP contribution in [-0.4, -0.2) is 52.0 Å². The average Bonchev–Trinajstić information content (AvgIpc) is 3.23. The number of para-hydroxylation sites is 1. The van der Waals surface area contributed by atoms with E-state index in [0.29, 0.717) is 24.3 Å². The van der Waals surface area contributed by atoms with Gasteiger partial charge in [-0.15, -0.1) is 0 Å². The molecule has 1 aliphatic heterocycles. The van der Waals surface area contributed by atoms with Crippen molar-refractivity contribution < 1.29 is 13.2 Å². The summed E-state index contributed by atoms with van der Waals surface area (Å²) in [6.45, 7) is 1.68. The number of hydrogen-bond donors (Lipinski definition) is 1. The molecular weight excluding hydrogens is 451 g/mol. The van der Waals surface area contributed by atoms with Gasteiger partial charge in [-0.1, -0.05) is 18.2 Å². The Hall–Kier alpha value is -3.39. The molecule has 3 aromatic heterocycles. The van der Waals surface area contributed by atoms with Gasteiger partial charge in [-0.2, -0.15) is 0 Å². The number of aromatic nitrogens is 3. The van der Waals surface area contributed by atoms with Crippen LogP contribution in [-0.2, 0) is 6.42 Å². The van der Waals surface area contributed by atoms with Crippen LogP contribution >= 0.6 is 0 Å². The molecule has 0 aliphatic carbocycles. The molecule has 1 saturated heterocycles. The molecular formula is C27H28F3N5. The summed E-state index contributed by atoms with van der Waals surface area (Å²) < 4.78 is 43.3. The summed E-state index contributed by atoms with van der Waals surface area (Å²) in [6, 6.07) is 15.3. The fourth-order valence-electron chi connectivity index (χ4n) is 4.67. The number of halogens is 3. The highest BCUT2D eigenvalue weighted by atomic mass is 19.3. The van der Waals surface area contributed by atoms with Crippen molar-refractivity contribution in [2.24, 2.45) is 0 Å². The minimum Gasteiger partial charge on any atom is -0.371 e. The molecule has 0 spiro atoms. The van der Waals surface area contributed by atoms with Gasteiger partial charge in [0, 0.05) is 62.0 Å². The Labute approximate surface area is 202 Å². The van der Waals surface area contributed by atoms with Crippen molar-refractivity contribution in [2.75, 3.05) is 32.0 Å². The zero-order chi connectivity index (χ0) is 24.4. The minimum absolute atomic E-state index is 0.0578. The van der Waals surface area contributed by atoms with Crippen LogP contribution in [0.5, 0.6) is 0 Å². The molecule has 0 radical (unpaired) electrons. The van der Waals surface area contributed by atoms with E-state index in [9.17, 15) is 13.2 Å². The second-order valence-electron chi connectivity index (χ2n) is 9.03. The lowest BCUT2D eigenvalue weighted by molar-refractivity contribution is -0.0551. The van der Waals surface area contributed by atoms with Crippen LogP contribution in [0.3, 0.4) is 0 Å². The summed E-state index contributed by atoms with van der Waals surface area (Å²) in [7, 11) is 1.63. The van der Waals surface area contributed by atoms with Crippen molar-refractivity contribution in [3.8, 4) is 16.9 Å². The molecule has 1 N–H and O–H groups in total. The molecule has 0 bridgehead atoms. The SMILES string of the molecule is CNc1ncc(-c2ccc3c(CCCN4CCC(F)(F)CC4)cn(-c4ccccc4)c3n2)cc1F. The third-order valence-electron chi connectivity index (χ3n) is 6.65. The van der Waals surface area contributed by atoms with Gasteiger partial charge < -0.3 is 14.8 Å². The fraction of sp³-hybridized carbons (Fsp3) is 0.333. The summed E-state index contributed by atoms with van der Waals surface area (Å²) in [5.41, 5.74) is 4.18. The van der Waals surface area contributed by atoms with Crippen molar-refractivity contribution in [1.29, 1.82) is 0 Å². The van der Waals surface area contributed by atoms with Crippen LogP contribution in [0.1, 0.15) is 24.8 Å². The van der Waals surface area contributed by atoms with Crippen LogP contribution in [0.15, 0.2) is 60.9 Å². The molecule has 1 aliphatic rings. The molecule has 1 aromatic carbocycles. The first-order valence-electron chi connectivity index (χ1n) is 11.9. The summed E-state index contributed by atoms with van der Waals surface area (Å²) in [5.74, 6) is -2.75. The summed E-state index contributed by atoms with van der Waals surface area (Å²) in [4.78, 5) is 11.2. The first-order valence-corrected chi connectivity index (χ1v) is 11.9. The lowest BCUT2D eigenvalue weighted by Gasteiger charge is -2.31. The number of pyridine rings is 2. The summed E-state index contributed by atoms with van der Waals surface area (Å²) >= 11 is 0. The normalized spacial score (nSPS) is 16.0. The number of piperidine rings is 1. The number of nitrogens with zero attached hydrogens (tertiary/aromatic N) is 4. The quantitative estimate of drug-likeness (QED) is 0.357. The Morgan fingerprint density at radius 3 is 2.54 bits per heavy atom. The highest BCUT2D eigenvalue weighted by Crippen LogP contribution is 2.30. The Kier molecular flexibility index (Phi) is 6.47. The van der Waals surface area contributed by atoms with E-state index in [4.69, 9.17) is 4.98 Å². The van der Waals surface area contributed by atoms with Gasteiger partial charge >= 0.3 is 0 Å². The van der Waals surface area contributed by atoms with Crippen LogP contribution in [0.2, 0.25) is 0 Å². The maximum Gasteiger partial charge on any atom is 0.250 e. The van der Waals surface area contributed by atoms with E-state index in [1.165, 1.54) is 6.07 Å². The van der Waals surface area contributed by atoms with Gasteiger partial charge in [-0.05, 0) is 55.3 Å². The van der Waals surface area contributed by atoms with E-state index < -0.39 is 11.7 Å². The van der Waals surface area contributed by atoms with Crippen molar-refractivity contribution in [3.05, 3.63) is 72.3 Å². The predicted octanol–water partition coefficient (Wildman–Crippen LogP) is 5.93. The maximum absolute atomic E-state index is 14.3. The average molecular weight is 480 g/mol. The molecule has 8 heteroatoms. The van der Waals surface area contributed by atoms with E-state index in [1.54, 1.807) is 13.2 Å². The van der Waals surface area contributed by atoms with Gasteiger partial charge in [0.25, 0.3) is 5.92 Å². The van der Waals surface area contributed by atoms with Crippen molar-refractivity contribution in [3.63, 3.8) is 0 Å². The third kappa shape index (κ3) is 5.03. The number of nitrogens with one attached hydrogen (secondary N) is 1.